The Balaban J connectivity index is 1.62. The van der Waals surface area contributed by atoms with Crippen molar-refractivity contribution in [3.05, 3.63) is 88.0 Å². The van der Waals surface area contributed by atoms with Crippen molar-refractivity contribution in [2.75, 3.05) is 35.7 Å². The number of para-hydroxylation sites is 1. The van der Waals surface area contributed by atoms with Crippen LogP contribution in [0.5, 0.6) is 5.75 Å². The van der Waals surface area contributed by atoms with Crippen LogP contribution in [0.4, 0.5) is 32.3 Å². The Morgan fingerprint density at radius 2 is 1.58 bits per heavy atom. The minimum Gasteiger partial charge on any atom is -0.497 e. The van der Waals surface area contributed by atoms with Crippen LogP contribution in [0.2, 0.25) is 0 Å². The van der Waals surface area contributed by atoms with Gasteiger partial charge < -0.3 is 20.7 Å². The lowest BCUT2D eigenvalue weighted by molar-refractivity contribution is -0.384. The summed E-state index contributed by atoms with van der Waals surface area (Å²) in [5.74, 6) is 0.652. The fourth-order valence-electron chi connectivity index (χ4n) is 3.58. The SMILES string of the molecule is COc1ccc(N(CCCNC(=O)Nc2c(C)cccc2C)C(=O)Nc2ccc([N+](=O)[O-])cc2)cc1. The molecule has 3 rings (SSSR count). The number of methoxy groups -OCH3 is 1. The predicted octanol–water partition coefficient (Wildman–Crippen LogP) is 5.47. The van der Waals surface area contributed by atoms with E-state index in [4.69, 9.17) is 4.74 Å². The zero-order chi connectivity index (χ0) is 26.1. The third kappa shape index (κ3) is 6.95. The maximum Gasteiger partial charge on any atom is 0.326 e. The number of carbonyl (C=O) groups is 2. The van der Waals surface area contributed by atoms with E-state index in [1.54, 1.807) is 31.4 Å². The monoisotopic (exact) mass is 491 g/mol. The van der Waals surface area contributed by atoms with Gasteiger partial charge in [-0.1, -0.05) is 18.2 Å². The first-order valence-corrected chi connectivity index (χ1v) is 11.4. The van der Waals surface area contributed by atoms with Crippen molar-refractivity contribution in [1.29, 1.82) is 0 Å². The number of amides is 4. The van der Waals surface area contributed by atoms with Crippen LogP contribution in [0.25, 0.3) is 0 Å². The fourth-order valence-corrected chi connectivity index (χ4v) is 3.58. The highest BCUT2D eigenvalue weighted by molar-refractivity contribution is 6.01. The Hall–Kier alpha value is -4.60. The van der Waals surface area contributed by atoms with E-state index in [2.05, 4.69) is 16.0 Å². The van der Waals surface area contributed by atoms with Crippen molar-refractivity contribution in [3.63, 3.8) is 0 Å². The molecule has 3 N–H and O–H groups in total. The van der Waals surface area contributed by atoms with Crippen molar-refractivity contribution in [2.24, 2.45) is 0 Å². The molecule has 10 nitrogen and oxygen atoms in total. The first-order valence-electron chi connectivity index (χ1n) is 11.4. The number of aryl methyl sites for hydroxylation is 2. The maximum atomic E-state index is 13.1. The Bertz CT molecular complexity index is 1190. The molecule has 0 unspecified atom stereocenters. The number of nitro benzene ring substituents is 1. The molecule has 3 aromatic carbocycles. The number of ether oxygens (including phenoxy) is 1. The van der Waals surface area contributed by atoms with E-state index in [-0.39, 0.29) is 11.7 Å². The highest BCUT2D eigenvalue weighted by Crippen LogP contribution is 2.22. The molecule has 188 valence electrons. The van der Waals surface area contributed by atoms with E-state index in [0.29, 0.717) is 36.6 Å². The van der Waals surface area contributed by atoms with E-state index in [1.165, 1.54) is 29.2 Å². The van der Waals surface area contributed by atoms with Gasteiger partial charge in [-0.2, -0.15) is 0 Å². The lowest BCUT2D eigenvalue weighted by Crippen LogP contribution is -2.38. The van der Waals surface area contributed by atoms with Gasteiger partial charge in [-0.25, -0.2) is 9.59 Å². The molecule has 0 aliphatic rings. The van der Waals surface area contributed by atoms with Crippen LogP contribution in [0, 0.1) is 24.0 Å². The largest absolute Gasteiger partial charge is 0.497 e. The van der Waals surface area contributed by atoms with Crippen LogP contribution in [-0.2, 0) is 0 Å². The van der Waals surface area contributed by atoms with E-state index in [0.717, 1.165) is 16.8 Å². The van der Waals surface area contributed by atoms with E-state index >= 15 is 0 Å². The molecule has 36 heavy (non-hydrogen) atoms. The number of nitrogens with zero attached hydrogens (tertiary/aromatic N) is 2. The van der Waals surface area contributed by atoms with E-state index in [9.17, 15) is 19.7 Å². The standard InChI is InChI=1S/C26H29N5O5/c1-18-6-4-7-19(2)24(18)29-25(32)27-16-5-17-30(21-12-14-23(36-3)15-13-21)26(33)28-20-8-10-22(11-9-20)31(34)35/h4,6-15H,5,16-17H2,1-3H3,(H,28,33)(H2,27,29,32). The molecule has 10 heteroatoms. The van der Waals surface area contributed by atoms with Crippen molar-refractivity contribution in [2.45, 2.75) is 20.3 Å². The summed E-state index contributed by atoms with van der Waals surface area (Å²) in [5.41, 5.74) is 3.71. The minimum absolute atomic E-state index is 0.0646. The summed E-state index contributed by atoms with van der Waals surface area (Å²) in [6.45, 7) is 4.51. The van der Waals surface area contributed by atoms with Crippen molar-refractivity contribution in [3.8, 4) is 5.75 Å². The summed E-state index contributed by atoms with van der Waals surface area (Å²) >= 11 is 0. The molecular formula is C26H29N5O5. The molecule has 0 aliphatic heterocycles. The molecule has 0 saturated heterocycles. The van der Waals surface area contributed by atoms with Crippen LogP contribution >= 0.6 is 0 Å². The Labute approximate surface area is 209 Å². The van der Waals surface area contributed by atoms with Gasteiger partial charge in [-0.05, 0) is 67.8 Å². The summed E-state index contributed by atoms with van der Waals surface area (Å²) in [6.07, 6.45) is 0.486. The molecule has 0 fully saturated rings. The molecule has 3 aromatic rings. The smallest absolute Gasteiger partial charge is 0.326 e. The second-order valence-corrected chi connectivity index (χ2v) is 8.09. The van der Waals surface area contributed by atoms with Crippen LogP contribution in [-0.4, -0.2) is 37.2 Å². The number of urea groups is 2. The van der Waals surface area contributed by atoms with Gasteiger partial charge in [-0.3, -0.25) is 15.0 Å². The third-order valence-corrected chi connectivity index (χ3v) is 5.52. The number of hydrogen-bond acceptors (Lipinski definition) is 5. The normalized spacial score (nSPS) is 10.3. The first-order chi connectivity index (χ1) is 17.3. The molecule has 0 bridgehead atoms. The molecule has 0 radical (unpaired) electrons. The van der Waals surface area contributed by atoms with Gasteiger partial charge >= 0.3 is 12.1 Å². The summed E-state index contributed by atoms with van der Waals surface area (Å²) in [4.78, 5) is 37.4. The van der Waals surface area contributed by atoms with Gasteiger partial charge in [0.05, 0.1) is 12.0 Å². The quantitative estimate of drug-likeness (QED) is 0.208. The number of nitro groups is 1. The maximum absolute atomic E-state index is 13.1. The second-order valence-electron chi connectivity index (χ2n) is 8.09. The second kappa shape index (κ2) is 12.2. The van der Waals surface area contributed by atoms with Crippen LogP contribution in [0.1, 0.15) is 17.5 Å². The molecule has 0 atom stereocenters. The summed E-state index contributed by atoms with van der Waals surface area (Å²) in [6, 6.07) is 17.7. The van der Waals surface area contributed by atoms with Gasteiger partial charge in [0.15, 0.2) is 0 Å². The number of rotatable bonds is 9. The zero-order valence-electron chi connectivity index (χ0n) is 20.4. The number of carbonyl (C=O) groups excluding carboxylic acids is 2. The predicted molar refractivity (Wildman–Crippen MR) is 140 cm³/mol. The molecule has 0 aliphatic carbocycles. The molecule has 0 heterocycles. The number of anilines is 3. The molecule has 4 amide bonds. The molecular weight excluding hydrogens is 462 g/mol. The first kappa shape index (κ1) is 26.0. The lowest BCUT2D eigenvalue weighted by Gasteiger charge is -2.23. The fraction of sp³-hybridized carbons (Fsp3) is 0.231. The van der Waals surface area contributed by atoms with Gasteiger partial charge in [0.1, 0.15) is 5.75 Å². The van der Waals surface area contributed by atoms with Gasteiger partial charge in [0.25, 0.3) is 5.69 Å². The van der Waals surface area contributed by atoms with Crippen molar-refractivity contribution < 1.29 is 19.2 Å². The van der Waals surface area contributed by atoms with Crippen molar-refractivity contribution >= 4 is 34.8 Å². The van der Waals surface area contributed by atoms with E-state index < -0.39 is 11.0 Å². The molecule has 0 saturated carbocycles. The van der Waals surface area contributed by atoms with Gasteiger partial charge in [0, 0.05) is 42.3 Å². The lowest BCUT2D eigenvalue weighted by atomic mass is 10.1. The Kier molecular flexibility index (Phi) is 8.82. The number of nitrogens with one attached hydrogen (secondary N) is 3. The van der Waals surface area contributed by atoms with Crippen LogP contribution < -0.4 is 25.6 Å². The number of non-ortho nitro benzene ring substituents is 1. The molecule has 0 aromatic heterocycles. The summed E-state index contributed by atoms with van der Waals surface area (Å²) in [5, 5.41) is 19.3. The highest BCUT2D eigenvalue weighted by Gasteiger charge is 2.17. The third-order valence-electron chi connectivity index (χ3n) is 5.52. The van der Waals surface area contributed by atoms with Crippen LogP contribution in [0.3, 0.4) is 0 Å². The molecule has 0 spiro atoms. The van der Waals surface area contributed by atoms with Crippen molar-refractivity contribution in [1.82, 2.24) is 5.32 Å². The average Bonchev–Trinajstić information content (AvgIpc) is 2.86. The van der Waals surface area contributed by atoms with Crippen LogP contribution in [0.15, 0.2) is 66.7 Å². The average molecular weight is 492 g/mol. The number of hydrogen-bond donors (Lipinski definition) is 3. The summed E-state index contributed by atoms with van der Waals surface area (Å²) < 4.78 is 5.20. The zero-order valence-corrected chi connectivity index (χ0v) is 20.4. The Morgan fingerprint density at radius 3 is 2.17 bits per heavy atom. The van der Waals surface area contributed by atoms with Gasteiger partial charge in [-0.15, -0.1) is 0 Å². The Morgan fingerprint density at radius 1 is 0.944 bits per heavy atom. The topological polar surface area (TPSA) is 126 Å². The highest BCUT2D eigenvalue weighted by atomic mass is 16.6. The van der Waals surface area contributed by atoms with E-state index in [1.807, 2.05) is 32.0 Å². The number of benzene rings is 3. The summed E-state index contributed by atoms with van der Waals surface area (Å²) in [7, 11) is 1.56. The van der Waals surface area contributed by atoms with Gasteiger partial charge in [0.2, 0.25) is 0 Å². The minimum atomic E-state index is -0.501.